The highest BCUT2D eigenvalue weighted by Crippen LogP contribution is 2.23. The average molecular weight is 277 g/mol. The lowest BCUT2D eigenvalue weighted by Gasteiger charge is -2.09. The molecule has 0 fully saturated rings. The molecule has 1 aromatic carbocycles. The molecule has 2 aromatic rings. The molecule has 0 saturated heterocycles. The fourth-order valence-electron chi connectivity index (χ4n) is 1.65. The Morgan fingerprint density at radius 3 is 2.70 bits per heavy atom. The van der Waals surface area contributed by atoms with Crippen LogP contribution in [0.15, 0.2) is 24.3 Å². The van der Waals surface area contributed by atoms with Crippen molar-refractivity contribution in [3.8, 4) is 11.6 Å². The van der Waals surface area contributed by atoms with Gasteiger partial charge in [-0.1, -0.05) is 0 Å². The number of nitrogens with zero attached hydrogens (tertiary/aromatic N) is 2. The van der Waals surface area contributed by atoms with Gasteiger partial charge in [-0.25, -0.2) is 9.37 Å². The first-order valence-corrected chi connectivity index (χ1v) is 6.11. The molecule has 0 spiro atoms. The number of ether oxygens (including phenoxy) is 2. The van der Waals surface area contributed by atoms with Crippen molar-refractivity contribution in [1.82, 2.24) is 9.97 Å². The van der Waals surface area contributed by atoms with E-state index in [-0.39, 0.29) is 12.4 Å². The van der Waals surface area contributed by atoms with Gasteiger partial charge in [-0.2, -0.15) is 4.98 Å². The van der Waals surface area contributed by atoms with Gasteiger partial charge in [0.25, 0.3) is 0 Å². The number of benzene rings is 1. The van der Waals surface area contributed by atoms with Gasteiger partial charge < -0.3 is 14.8 Å². The molecule has 2 rings (SSSR count). The monoisotopic (exact) mass is 277 g/mol. The summed E-state index contributed by atoms with van der Waals surface area (Å²) in [7, 11) is 3.32. The van der Waals surface area contributed by atoms with E-state index in [0.717, 1.165) is 0 Å². The number of anilines is 1. The van der Waals surface area contributed by atoms with E-state index in [0.29, 0.717) is 28.8 Å². The van der Waals surface area contributed by atoms with Gasteiger partial charge >= 0.3 is 0 Å². The molecule has 1 aromatic heterocycles. The lowest BCUT2D eigenvalue weighted by Crippen LogP contribution is -2.03. The van der Waals surface area contributed by atoms with Crippen LogP contribution in [0.5, 0.6) is 11.6 Å². The quantitative estimate of drug-likeness (QED) is 0.910. The first kappa shape index (κ1) is 14.2. The van der Waals surface area contributed by atoms with Crippen LogP contribution in [0.2, 0.25) is 0 Å². The fourth-order valence-corrected chi connectivity index (χ4v) is 1.65. The highest BCUT2D eigenvalue weighted by atomic mass is 19.1. The Balaban J connectivity index is 2.27. The third kappa shape index (κ3) is 3.42. The van der Waals surface area contributed by atoms with Crippen molar-refractivity contribution >= 4 is 5.82 Å². The van der Waals surface area contributed by atoms with Gasteiger partial charge in [0.1, 0.15) is 24.0 Å². The molecule has 0 unspecified atom stereocenters. The Labute approximate surface area is 116 Å². The summed E-state index contributed by atoms with van der Waals surface area (Å²) < 4.78 is 23.9. The molecule has 0 aliphatic heterocycles. The van der Waals surface area contributed by atoms with Crippen LogP contribution in [-0.4, -0.2) is 24.1 Å². The minimum Gasteiger partial charge on any atom is -0.439 e. The number of hydrogen-bond donors (Lipinski definition) is 1. The molecular formula is C14H16FN3O2. The lowest BCUT2D eigenvalue weighted by atomic mass is 10.2. The number of aryl methyl sites for hydroxylation is 1. The first-order chi connectivity index (χ1) is 9.62. The summed E-state index contributed by atoms with van der Waals surface area (Å²) in [5, 5.41) is 2.93. The zero-order valence-corrected chi connectivity index (χ0v) is 11.6. The Morgan fingerprint density at radius 2 is 2.05 bits per heavy atom. The van der Waals surface area contributed by atoms with Crippen LogP contribution in [0.4, 0.5) is 10.2 Å². The van der Waals surface area contributed by atoms with Crippen LogP contribution in [0.1, 0.15) is 11.4 Å². The molecule has 0 bridgehead atoms. The number of halogens is 1. The van der Waals surface area contributed by atoms with Gasteiger partial charge in [0, 0.05) is 20.2 Å². The van der Waals surface area contributed by atoms with Crippen molar-refractivity contribution in [2.75, 3.05) is 19.5 Å². The van der Waals surface area contributed by atoms with E-state index in [1.807, 2.05) is 0 Å². The maximum atomic E-state index is 13.2. The molecule has 106 valence electrons. The van der Waals surface area contributed by atoms with Crippen molar-refractivity contribution in [1.29, 1.82) is 0 Å². The predicted molar refractivity (Wildman–Crippen MR) is 73.5 cm³/mol. The van der Waals surface area contributed by atoms with E-state index >= 15 is 0 Å². The van der Waals surface area contributed by atoms with E-state index in [4.69, 9.17) is 9.47 Å². The van der Waals surface area contributed by atoms with Crippen LogP contribution in [-0.2, 0) is 11.3 Å². The number of hydrogen-bond acceptors (Lipinski definition) is 5. The van der Waals surface area contributed by atoms with E-state index in [1.54, 1.807) is 39.3 Å². The van der Waals surface area contributed by atoms with Crippen LogP contribution in [0.3, 0.4) is 0 Å². The molecule has 6 heteroatoms. The molecule has 0 saturated carbocycles. The third-order valence-electron chi connectivity index (χ3n) is 2.63. The highest BCUT2D eigenvalue weighted by Gasteiger charge is 2.07. The molecule has 0 atom stereocenters. The zero-order valence-electron chi connectivity index (χ0n) is 11.6. The maximum absolute atomic E-state index is 13.2. The summed E-state index contributed by atoms with van der Waals surface area (Å²) in [6, 6.07) is 6.20. The molecular weight excluding hydrogens is 261 g/mol. The highest BCUT2D eigenvalue weighted by molar-refractivity contribution is 5.40. The summed E-state index contributed by atoms with van der Waals surface area (Å²) in [5.74, 6) is 1.76. The second kappa shape index (κ2) is 6.29. The smallest absolute Gasteiger partial charge is 0.224 e. The summed E-state index contributed by atoms with van der Waals surface area (Å²) in [5.41, 5.74) is 0.516. The van der Waals surface area contributed by atoms with Gasteiger partial charge in [-0.05, 0) is 30.7 Å². The SMILES string of the molecule is CNc1cc(Oc2ccc(F)c(C)c2)nc(COC)n1. The molecule has 0 radical (unpaired) electrons. The largest absolute Gasteiger partial charge is 0.439 e. The van der Waals surface area contributed by atoms with Gasteiger partial charge in [-0.15, -0.1) is 0 Å². The molecule has 0 amide bonds. The van der Waals surface area contributed by atoms with E-state index < -0.39 is 0 Å². The van der Waals surface area contributed by atoms with Gasteiger partial charge in [0.15, 0.2) is 5.82 Å². The van der Waals surface area contributed by atoms with E-state index in [9.17, 15) is 4.39 Å². The number of aromatic nitrogens is 2. The Kier molecular flexibility index (Phi) is 4.47. The van der Waals surface area contributed by atoms with Gasteiger partial charge in [-0.3, -0.25) is 0 Å². The second-order valence-electron chi connectivity index (χ2n) is 4.20. The fraction of sp³-hybridized carbons (Fsp3) is 0.286. The Morgan fingerprint density at radius 1 is 1.25 bits per heavy atom. The zero-order chi connectivity index (χ0) is 14.5. The maximum Gasteiger partial charge on any atom is 0.224 e. The van der Waals surface area contributed by atoms with Gasteiger partial charge in [0.2, 0.25) is 5.88 Å². The van der Waals surface area contributed by atoms with E-state index in [1.165, 1.54) is 6.07 Å². The van der Waals surface area contributed by atoms with Crippen LogP contribution < -0.4 is 10.1 Å². The summed E-state index contributed by atoms with van der Waals surface area (Å²) in [6.07, 6.45) is 0. The number of rotatable bonds is 5. The second-order valence-corrected chi connectivity index (χ2v) is 4.20. The van der Waals surface area contributed by atoms with Gasteiger partial charge in [0.05, 0.1) is 0 Å². The van der Waals surface area contributed by atoms with Crippen molar-refractivity contribution in [2.24, 2.45) is 0 Å². The van der Waals surface area contributed by atoms with Crippen LogP contribution in [0, 0.1) is 12.7 Å². The minimum absolute atomic E-state index is 0.268. The molecule has 1 heterocycles. The van der Waals surface area contributed by atoms with Crippen molar-refractivity contribution < 1.29 is 13.9 Å². The molecule has 0 aliphatic carbocycles. The minimum atomic E-state index is -0.268. The lowest BCUT2D eigenvalue weighted by molar-refractivity contribution is 0.177. The average Bonchev–Trinajstić information content (AvgIpc) is 2.43. The Bertz CT molecular complexity index is 605. The van der Waals surface area contributed by atoms with Crippen molar-refractivity contribution in [3.05, 3.63) is 41.5 Å². The normalized spacial score (nSPS) is 10.4. The molecule has 0 aliphatic rings. The topological polar surface area (TPSA) is 56.3 Å². The first-order valence-electron chi connectivity index (χ1n) is 6.11. The van der Waals surface area contributed by atoms with Crippen LogP contribution >= 0.6 is 0 Å². The number of methoxy groups -OCH3 is 1. The number of nitrogens with one attached hydrogen (secondary N) is 1. The molecule has 1 N–H and O–H groups in total. The third-order valence-corrected chi connectivity index (χ3v) is 2.63. The Hall–Kier alpha value is -2.21. The summed E-state index contributed by atoms with van der Waals surface area (Å²) >= 11 is 0. The van der Waals surface area contributed by atoms with Crippen LogP contribution in [0.25, 0.3) is 0 Å². The molecule has 5 nitrogen and oxygen atoms in total. The van der Waals surface area contributed by atoms with E-state index in [2.05, 4.69) is 15.3 Å². The molecule has 20 heavy (non-hydrogen) atoms. The predicted octanol–water partition coefficient (Wildman–Crippen LogP) is 2.90. The standard InChI is InChI=1S/C14H16FN3O2/c1-9-6-10(4-5-11(9)15)20-14-7-12(16-2)17-13(18-14)8-19-3/h4-7H,8H2,1-3H3,(H,16,17,18). The summed E-state index contributed by atoms with van der Waals surface area (Å²) in [4.78, 5) is 8.45. The van der Waals surface area contributed by atoms with Crippen molar-refractivity contribution in [3.63, 3.8) is 0 Å². The van der Waals surface area contributed by atoms with Crippen molar-refractivity contribution in [2.45, 2.75) is 13.5 Å². The summed E-state index contributed by atoms with van der Waals surface area (Å²) in [6.45, 7) is 1.96.